The van der Waals surface area contributed by atoms with Gasteiger partial charge in [0.05, 0.1) is 0 Å². The molecular formula is C46H56B28O. The van der Waals surface area contributed by atoms with E-state index in [0.29, 0.717) is 0 Å². The van der Waals surface area contributed by atoms with Crippen LogP contribution in [0.15, 0.2) is 4.42 Å². The Morgan fingerprint density at radius 1 is 0.120 bits per heavy atom. The van der Waals surface area contributed by atoms with Crippen LogP contribution in [0.4, 0.5) is 0 Å². The molecule has 10 aromatic rings. The smallest absolute Gasteiger partial charge is 0.143 e. The maximum atomic E-state index is 7.29. The van der Waals surface area contributed by atoms with Gasteiger partial charge in [0.15, 0.2) is 0 Å². The van der Waals surface area contributed by atoms with E-state index in [2.05, 4.69) is 220 Å². The van der Waals surface area contributed by atoms with Crippen molar-refractivity contribution in [2.75, 3.05) is 0 Å². The predicted octanol–water partition coefficient (Wildman–Crippen LogP) is -35.6. The summed E-state index contributed by atoms with van der Waals surface area (Å²) in [5.74, 6) is 0. The molecule has 1 aromatic heterocycles. The van der Waals surface area contributed by atoms with Crippen molar-refractivity contribution in [1.29, 1.82) is 0 Å². The van der Waals surface area contributed by atoms with Gasteiger partial charge in [-0.05, 0) is 76.5 Å². The molecule has 0 radical (unpaired) electrons. The molecule has 75 heavy (non-hydrogen) atoms. The zero-order valence-electron chi connectivity index (χ0n) is 51.4. The molecule has 0 fully saturated rings. The first kappa shape index (κ1) is 54.0. The molecule has 10 rings (SSSR count). The van der Waals surface area contributed by atoms with Crippen LogP contribution < -0.4 is 153 Å². The molecule has 1 nitrogen and oxygen atoms in total. The van der Waals surface area contributed by atoms with Gasteiger partial charge in [0.25, 0.3) is 0 Å². The Morgan fingerprint density at radius 3 is 0.680 bits per heavy atom. The van der Waals surface area contributed by atoms with Crippen molar-refractivity contribution in [3.8, 4) is 33.4 Å². The molecule has 0 N–H and O–H groups in total. The van der Waals surface area contributed by atoms with Crippen LogP contribution in [-0.2, 0) is 0 Å². The Balaban J connectivity index is 1.47. The Hall–Kier alpha value is -4.36. The summed E-state index contributed by atoms with van der Waals surface area (Å²) in [6.07, 6.45) is 0. The highest BCUT2D eigenvalue weighted by Gasteiger charge is 2.32. The van der Waals surface area contributed by atoms with Crippen LogP contribution in [0.3, 0.4) is 0 Å². The maximum Gasteiger partial charge on any atom is 0.143 e. The van der Waals surface area contributed by atoms with E-state index in [9.17, 15) is 0 Å². The summed E-state index contributed by atoms with van der Waals surface area (Å²) in [5, 5.41) is 13.7. The minimum absolute atomic E-state index is 1.03. The third-order valence-electron chi connectivity index (χ3n) is 21.7. The summed E-state index contributed by atoms with van der Waals surface area (Å²) in [4.78, 5) is 0. The van der Waals surface area contributed by atoms with Gasteiger partial charge in [-0.15, -0.1) is 49.2 Å². The van der Waals surface area contributed by atoms with Crippen LogP contribution >= 0.6 is 0 Å². The Morgan fingerprint density at radius 2 is 0.307 bits per heavy atom. The molecular weight excluding hydrogens is 871 g/mol. The van der Waals surface area contributed by atoms with Crippen molar-refractivity contribution in [1.82, 2.24) is 0 Å². The van der Waals surface area contributed by atoms with Crippen LogP contribution in [-0.4, -0.2) is 220 Å². The first-order valence-corrected chi connectivity index (χ1v) is 27.9. The van der Waals surface area contributed by atoms with Gasteiger partial charge < -0.3 is 4.42 Å². The van der Waals surface area contributed by atoms with Crippen molar-refractivity contribution < 1.29 is 4.42 Å². The van der Waals surface area contributed by atoms with Gasteiger partial charge in [-0.25, -0.2) is 0 Å². The van der Waals surface area contributed by atoms with Gasteiger partial charge in [0, 0.05) is 10.8 Å². The van der Waals surface area contributed by atoms with Crippen molar-refractivity contribution in [2.45, 2.75) is 0 Å². The van der Waals surface area contributed by atoms with E-state index in [-0.39, 0.29) is 0 Å². The summed E-state index contributed by atoms with van der Waals surface area (Å²) >= 11 is 0. The minimum atomic E-state index is 1.03. The molecule has 0 aliphatic heterocycles. The Labute approximate surface area is 472 Å². The molecule has 0 bridgehead atoms. The molecule has 0 unspecified atom stereocenters. The van der Waals surface area contributed by atoms with E-state index in [1.807, 2.05) is 0 Å². The lowest BCUT2D eigenvalue weighted by molar-refractivity contribution is 0.675. The predicted molar refractivity (Wildman–Crippen MR) is 429 cm³/mol. The van der Waals surface area contributed by atoms with Gasteiger partial charge >= 0.3 is 0 Å². The third kappa shape index (κ3) is 6.85. The molecule has 0 saturated carbocycles. The molecule has 0 aliphatic carbocycles. The number of hydrogen-bond acceptors (Lipinski definition) is 1. The third-order valence-corrected chi connectivity index (χ3v) is 21.7. The lowest BCUT2D eigenvalue weighted by atomic mass is 9.55. The molecule has 29 heteroatoms. The number of furan rings is 1. The fourth-order valence-corrected chi connectivity index (χ4v) is 15.3. The fraction of sp³-hybridized carbons (Fsp3) is 0. The van der Waals surface area contributed by atoms with E-state index < -0.39 is 0 Å². The number of fused-ring (bicyclic) bond motifs is 8. The van der Waals surface area contributed by atoms with Crippen LogP contribution in [0.5, 0.6) is 0 Å². The minimum Gasteiger partial charge on any atom is -0.457 e. The van der Waals surface area contributed by atoms with E-state index >= 15 is 0 Å². The van der Waals surface area contributed by atoms with Crippen molar-refractivity contribution in [3.05, 3.63) is 0 Å². The van der Waals surface area contributed by atoms with Crippen LogP contribution in [0, 0.1) is 0 Å². The van der Waals surface area contributed by atoms with Gasteiger partial charge in [0.1, 0.15) is 231 Å². The average Bonchev–Trinajstić information content (AvgIpc) is 3.78. The van der Waals surface area contributed by atoms with E-state index in [1.54, 1.807) is 0 Å². The molecule has 0 atom stereocenters. The highest BCUT2D eigenvalue weighted by Crippen LogP contribution is 2.40. The van der Waals surface area contributed by atoms with E-state index in [0.717, 1.165) is 11.2 Å². The highest BCUT2D eigenvalue weighted by atomic mass is 16.3. The second-order valence-corrected chi connectivity index (χ2v) is 24.3. The fourth-order valence-electron chi connectivity index (χ4n) is 15.3. The van der Waals surface area contributed by atoms with Gasteiger partial charge in [-0.3, -0.25) is 0 Å². The van der Waals surface area contributed by atoms with Crippen LogP contribution in [0.1, 0.15) is 0 Å². The van der Waals surface area contributed by atoms with Crippen LogP contribution in [0.25, 0.3) is 98.4 Å². The number of hydrogen-bond donors (Lipinski definition) is 0. The highest BCUT2D eigenvalue weighted by molar-refractivity contribution is 6.78. The lowest BCUT2D eigenvalue weighted by Crippen LogP contribution is -2.56. The number of rotatable bonds is 3. The molecule has 0 spiro atoms. The summed E-state index contributed by atoms with van der Waals surface area (Å²) in [6.45, 7) is 0. The molecule has 9 aromatic carbocycles. The topological polar surface area (TPSA) is 13.1 Å². The zero-order valence-corrected chi connectivity index (χ0v) is 51.4. The molecule has 0 saturated heterocycles. The molecule has 0 aliphatic rings. The summed E-state index contributed by atoms with van der Waals surface area (Å²) < 4.78 is 7.29. The Kier molecular flexibility index (Phi) is 13.0. The second-order valence-electron chi connectivity index (χ2n) is 24.3. The maximum absolute atomic E-state index is 7.29. The van der Waals surface area contributed by atoms with Gasteiger partial charge in [-0.1, -0.05) is 104 Å². The monoisotopic (exact) mass is 933 g/mol. The van der Waals surface area contributed by atoms with E-state index in [1.165, 1.54) is 240 Å². The van der Waals surface area contributed by atoms with Crippen molar-refractivity contribution >= 4 is 438 Å². The normalized spacial score (nSPS) is 11.9. The summed E-state index contributed by atoms with van der Waals surface area (Å²) in [7, 11) is 66.4. The average molecular weight is 928 g/mol. The summed E-state index contributed by atoms with van der Waals surface area (Å²) in [6, 6.07) is 0. The largest absolute Gasteiger partial charge is 0.457 e. The molecule has 0 amide bonds. The van der Waals surface area contributed by atoms with Gasteiger partial charge in [0.2, 0.25) is 0 Å². The van der Waals surface area contributed by atoms with Crippen molar-refractivity contribution in [2.24, 2.45) is 0 Å². The first-order valence-electron chi connectivity index (χ1n) is 27.9. The summed E-state index contributed by atoms with van der Waals surface area (Å²) in [5.41, 5.74) is 48.8. The van der Waals surface area contributed by atoms with Gasteiger partial charge in [-0.2, -0.15) is 0 Å². The van der Waals surface area contributed by atoms with E-state index in [4.69, 9.17) is 4.42 Å². The zero-order chi connectivity index (χ0) is 55.3. The Bertz CT molecular complexity index is 4330. The SMILES string of the molecule is Bc1c(B)c(B)c(-c2c(B)c(B)c3c(B)c(-c4c5c(B)c(B)c(B)c(B)c5c(-c5c(B)c(B)c6oc7c(B)c(B)c8c(B)c(B)c(B)c(B)c8c7c6c5B)c5c(B)c(B)c(B)c(B)c45)c(B)c(B)c3c2B)c(B)c1B. The number of benzene rings is 9. The lowest BCUT2D eigenvalue weighted by Gasteiger charge is -2.32. The standard InChI is InChI=1S/C46H56B28O/c47-17-9(25(55)26(56)13-12(17)27(57)28(58)14(18(13)48)15-30(60)40(70)42(72)41(71)31(15)61)1-3-5(22(52)36(66)34(64)20(3)50)2(6-4(1)21(51)35(65)37(67)23(6)53)10-19(49)16-8-7-11(29(59)39(69)38(68)24(7)54)33(63)43(73)45(8)75-46(16)44(74)32(10)62/h47-74H2. The van der Waals surface area contributed by atoms with Crippen molar-refractivity contribution in [3.63, 3.8) is 0 Å². The quantitative estimate of drug-likeness (QED) is 0.127. The molecule has 330 valence electrons. The van der Waals surface area contributed by atoms with Crippen LogP contribution in [0.2, 0.25) is 0 Å². The molecule has 1 heterocycles. The first-order chi connectivity index (χ1) is 35.0. The second kappa shape index (κ2) is 18.1.